The van der Waals surface area contributed by atoms with Crippen LogP contribution in [0.15, 0.2) is 23.3 Å². The molecule has 0 aliphatic carbocycles. The number of azide groups is 1. The van der Waals surface area contributed by atoms with Crippen LogP contribution in [0.3, 0.4) is 0 Å². The van der Waals surface area contributed by atoms with E-state index in [1.165, 1.54) is 6.07 Å². The van der Waals surface area contributed by atoms with Crippen molar-refractivity contribution in [2.24, 2.45) is 5.11 Å². The lowest BCUT2D eigenvalue weighted by atomic mass is 10.2. The molecular formula is C12H10ClN3O3. The first kappa shape index (κ1) is 14.7. The maximum atomic E-state index is 10.5. The van der Waals surface area contributed by atoms with Gasteiger partial charge in [-0.3, -0.25) is 0 Å². The molecule has 19 heavy (non-hydrogen) atoms. The standard InChI is InChI=1S/C12H10ClN3O3/c13-10-5-4-9(3-1-2-6-15-16-14)11(7-10)19-8-12(17)18/h4-5,7H,2,6,8H2,(H,17,18). The molecule has 0 saturated carbocycles. The molecule has 0 unspecified atom stereocenters. The third kappa shape index (κ3) is 5.68. The smallest absolute Gasteiger partial charge is 0.341 e. The van der Waals surface area contributed by atoms with Crippen LogP contribution in [-0.4, -0.2) is 24.2 Å². The molecule has 1 N–H and O–H groups in total. The zero-order valence-corrected chi connectivity index (χ0v) is 10.6. The number of carboxylic acids is 1. The maximum Gasteiger partial charge on any atom is 0.341 e. The van der Waals surface area contributed by atoms with Gasteiger partial charge in [-0.15, -0.1) is 0 Å². The summed E-state index contributed by atoms with van der Waals surface area (Å²) in [5, 5.41) is 12.3. The summed E-state index contributed by atoms with van der Waals surface area (Å²) in [7, 11) is 0. The van der Waals surface area contributed by atoms with Crippen molar-refractivity contribution in [1.29, 1.82) is 0 Å². The second kappa shape index (κ2) is 7.88. The molecular weight excluding hydrogens is 270 g/mol. The number of rotatable bonds is 5. The number of benzene rings is 1. The highest BCUT2D eigenvalue weighted by molar-refractivity contribution is 6.30. The lowest BCUT2D eigenvalue weighted by molar-refractivity contribution is -0.139. The number of ether oxygens (including phenoxy) is 1. The Hall–Kier alpha value is -2.35. The summed E-state index contributed by atoms with van der Waals surface area (Å²) in [6.45, 7) is -0.184. The summed E-state index contributed by atoms with van der Waals surface area (Å²) in [4.78, 5) is 13.1. The molecule has 0 saturated heterocycles. The van der Waals surface area contributed by atoms with Gasteiger partial charge in [-0.05, 0) is 17.7 Å². The largest absolute Gasteiger partial charge is 0.481 e. The van der Waals surface area contributed by atoms with Gasteiger partial charge in [0.2, 0.25) is 0 Å². The first-order valence-corrected chi connectivity index (χ1v) is 5.65. The van der Waals surface area contributed by atoms with Crippen molar-refractivity contribution in [1.82, 2.24) is 0 Å². The molecule has 0 aliphatic heterocycles. The summed E-state index contributed by atoms with van der Waals surface area (Å²) >= 11 is 5.80. The Morgan fingerprint density at radius 3 is 3.05 bits per heavy atom. The number of nitrogens with zero attached hydrogens (tertiary/aromatic N) is 3. The van der Waals surface area contributed by atoms with Crippen molar-refractivity contribution in [3.05, 3.63) is 39.2 Å². The van der Waals surface area contributed by atoms with Crippen molar-refractivity contribution in [2.75, 3.05) is 13.2 Å². The molecule has 0 amide bonds. The molecule has 0 heterocycles. The van der Waals surface area contributed by atoms with Crippen LogP contribution in [0.2, 0.25) is 5.02 Å². The molecule has 0 radical (unpaired) electrons. The topological polar surface area (TPSA) is 95.3 Å². The van der Waals surface area contributed by atoms with Crippen molar-refractivity contribution < 1.29 is 14.6 Å². The van der Waals surface area contributed by atoms with E-state index in [-0.39, 0.29) is 6.54 Å². The summed E-state index contributed by atoms with van der Waals surface area (Å²) in [6, 6.07) is 4.77. The molecule has 0 atom stereocenters. The van der Waals surface area contributed by atoms with Gasteiger partial charge in [0.15, 0.2) is 6.61 Å². The monoisotopic (exact) mass is 279 g/mol. The van der Waals surface area contributed by atoms with Crippen LogP contribution in [0.4, 0.5) is 0 Å². The van der Waals surface area contributed by atoms with Gasteiger partial charge >= 0.3 is 5.97 Å². The lowest BCUT2D eigenvalue weighted by Crippen LogP contribution is -2.10. The van der Waals surface area contributed by atoms with Gasteiger partial charge in [-0.1, -0.05) is 28.6 Å². The number of carboxylic acid groups (broad SMARTS) is 1. The third-order valence-corrected chi connectivity index (χ3v) is 2.15. The van der Waals surface area contributed by atoms with E-state index in [1.807, 2.05) is 0 Å². The molecule has 6 nitrogen and oxygen atoms in total. The van der Waals surface area contributed by atoms with E-state index in [1.54, 1.807) is 12.1 Å². The van der Waals surface area contributed by atoms with Crippen LogP contribution in [0.5, 0.6) is 5.75 Å². The van der Waals surface area contributed by atoms with E-state index in [4.69, 9.17) is 27.0 Å². The Balaban J connectivity index is 2.80. The van der Waals surface area contributed by atoms with Crippen LogP contribution in [0.1, 0.15) is 12.0 Å². The highest BCUT2D eigenvalue weighted by atomic mass is 35.5. The molecule has 1 aromatic carbocycles. The Kier molecular flexibility index (Phi) is 6.10. The molecule has 7 heteroatoms. The Bertz CT molecular complexity index is 571. The van der Waals surface area contributed by atoms with Gasteiger partial charge in [-0.2, -0.15) is 0 Å². The van der Waals surface area contributed by atoms with E-state index in [2.05, 4.69) is 21.9 Å². The molecule has 1 rings (SSSR count). The highest BCUT2D eigenvalue weighted by Crippen LogP contribution is 2.22. The number of hydrogen-bond acceptors (Lipinski definition) is 3. The summed E-state index contributed by atoms with van der Waals surface area (Å²) < 4.78 is 5.09. The highest BCUT2D eigenvalue weighted by Gasteiger charge is 2.05. The maximum absolute atomic E-state index is 10.5. The van der Waals surface area contributed by atoms with Crippen LogP contribution in [0.25, 0.3) is 10.4 Å². The summed E-state index contributed by atoms with van der Waals surface area (Å²) in [6.07, 6.45) is 0.408. The Morgan fingerprint density at radius 1 is 1.58 bits per heavy atom. The second-order valence-electron chi connectivity index (χ2n) is 3.33. The van der Waals surface area contributed by atoms with E-state index in [0.717, 1.165) is 0 Å². The quantitative estimate of drug-likeness (QED) is 0.295. The summed E-state index contributed by atoms with van der Waals surface area (Å²) in [5.41, 5.74) is 8.63. The van der Waals surface area contributed by atoms with Crippen LogP contribution < -0.4 is 4.74 Å². The number of hydrogen-bond donors (Lipinski definition) is 1. The first-order chi connectivity index (χ1) is 9.13. The van der Waals surface area contributed by atoms with Gasteiger partial charge in [0.1, 0.15) is 5.75 Å². The normalized spacial score (nSPS) is 8.89. The van der Waals surface area contributed by atoms with Gasteiger partial charge in [0.25, 0.3) is 0 Å². The first-order valence-electron chi connectivity index (χ1n) is 5.27. The lowest BCUT2D eigenvalue weighted by Gasteiger charge is -2.06. The van der Waals surface area contributed by atoms with Crippen molar-refractivity contribution in [3.8, 4) is 17.6 Å². The molecule has 0 aliphatic rings. The van der Waals surface area contributed by atoms with Crippen molar-refractivity contribution >= 4 is 17.6 Å². The zero-order valence-electron chi connectivity index (χ0n) is 9.84. The predicted molar refractivity (Wildman–Crippen MR) is 70.1 cm³/mol. The van der Waals surface area contributed by atoms with E-state index >= 15 is 0 Å². The third-order valence-electron chi connectivity index (χ3n) is 1.92. The fourth-order valence-electron chi connectivity index (χ4n) is 1.17. The number of halogens is 1. The SMILES string of the molecule is [N-]=[N+]=NCCC#Cc1ccc(Cl)cc1OCC(=O)O. The minimum atomic E-state index is -1.08. The Labute approximate surface area is 114 Å². The minimum absolute atomic E-state index is 0.280. The zero-order chi connectivity index (χ0) is 14.1. The number of aliphatic carboxylic acids is 1. The fourth-order valence-corrected chi connectivity index (χ4v) is 1.33. The molecule has 0 spiro atoms. The van der Waals surface area contributed by atoms with Gasteiger partial charge in [0.05, 0.1) is 5.56 Å². The minimum Gasteiger partial charge on any atom is -0.481 e. The van der Waals surface area contributed by atoms with Crippen LogP contribution >= 0.6 is 11.6 Å². The van der Waals surface area contributed by atoms with Crippen molar-refractivity contribution in [3.63, 3.8) is 0 Å². The molecule has 98 valence electrons. The summed E-state index contributed by atoms with van der Waals surface area (Å²) in [5.74, 6) is 4.84. The second-order valence-corrected chi connectivity index (χ2v) is 3.77. The molecule has 0 aromatic heterocycles. The fraction of sp³-hybridized carbons (Fsp3) is 0.250. The number of carbonyl (C=O) groups is 1. The van der Waals surface area contributed by atoms with Gasteiger partial charge in [-0.25, -0.2) is 4.79 Å². The van der Waals surface area contributed by atoms with E-state index in [9.17, 15) is 4.79 Å². The average molecular weight is 280 g/mol. The van der Waals surface area contributed by atoms with Crippen LogP contribution in [0, 0.1) is 11.8 Å². The van der Waals surface area contributed by atoms with E-state index < -0.39 is 12.6 Å². The Morgan fingerprint density at radius 2 is 2.37 bits per heavy atom. The van der Waals surface area contributed by atoms with Gasteiger partial charge < -0.3 is 9.84 Å². The predicted octanol–water partition coefficient (Wildman–Crippen LogP) is 2.86. The van der Waals surface area contributed by atoms with Crippen molar-refractivity contribution in [2.45, 2.75) is 6.42 Å². The molecule has 0 fully saturated rings. The molecule has 0 bridgehead atoms. The van der Waals surface area contributed by atoms with Crippen LogP contribution in [-0.2, 0) is 4.79 Å². The average Bonchev–Trinajstić information content (AvgIpc) is 2.38. The molecule has 1 aromatic rings. The van der Waals surface area contributed by atoms with Gasteiger partial charge in [0, 0.05) is 29.0 Å². The van der Waals surface area contributed by atoms with E-state index in [0.29, 0.717) is 22.8 Å².